The van der Waals surface area contributed by atoms with Gasteiger partial charge in [-0.3, -0.25) is 4.79 Å². The summed E-state index contributed by atoms with van der Waals surface area (Å²) in [5.41, 5.74) is 1.14. The quantitative estimate of drug-likeness (QED) is 0.767. The number of rotatable bonds is 5. The maximum atomic E-state index is 10.9. The second-order valence-electron chi connectivity index (χ2n) is 4.93. The van der Waals surface area contributed by atoms with E-state index < -0.39 is 6.29 Å². The van der Waals surface area contributed by atoms with Gasteiger partial charge in [0.2, 0.25) is 6.29 Å². The van der Waals surface area contributed by atoms with E-state index in [0.29, 0.717) is 19.1 Å². The van der Waals surface area contributed by atoms with Gasteiger partial charge in [-0.15, -0.1) is 0 Å². The van der Waals surface area contributed by atoms with E-state index in [2.05, 4.69) is 6.92 Å². The van der Waals surface area contributed by atoms with Crippen molar-refractivity contribution in [2.45, 2.75) is 39.3 Å². The summed E-state index contributed by atoms with van der Waals surface area (Å²) in [5, 5.41) is 0. The van der Waals surface area contributed by atoms with Crippen LogP contribution in [0.2, 0.25) is 0 Å². The third kappa shape index (κ3) is 4.33. The molecule has 4 nitrogen and oxygen atoms in total. The van der Waals surface area contributed by atoms with Crippen LogP contribution in [0.15, 0.2) is 30.3 Å². The first-order valence-corrected chi connectivity index (χ1v) is 6.59. The predicted octanol–water partition coefficient (Wildman–Crippen LogP) is 2.52. The van der Waals surface area contributed by atoms with E-state index >= 15 is 0 Å². The van der Waals surface area contributed by atoms with Gasteiger partial charge in [-0.2, -0.15) is 0 Å². The summed E-state index contributed by atoms with van der Waals surface area (Å²) in [6.45, 7) is 4.58. The molecule has 4 heteroatoms. The monoisotopic (exact) mass is 264 g/mol. The Kier molecular flexibility index (Phi) is 4.93. The van der Waals surface area contributed by atoms with E-state index in [4.69, 9.17) is 14.2 Å². The lowest BCUT2D eigenvalue weighted by atomic mass is 10.0. The van der Waals surface area contributed by atoms with Crippen molar-refractivity contribution in [1.82, 2.24) is 0 Å². The molecule has 1 fully saturated rings. The number of benzene rings is 1. The lowest BCUT2D eigenvalue weighted by Gasteiger charge is -2.15. The lowest BCUT2D eigenvalue weighted by Crippen LogP contribution is -2.22. The van der Waals surface area contributed by atoms with E-state index in [-0.39, 0.29) is 12.1 Å². The van der Waals surface area contributed by atoms with Crippen molar-refractivity contribution < 1.29 is 19.0 Å². The average molecular weight is 264 g/mol. The van der Waals surface area contributed by atoms with Crippen LogP contribution < -0.4 is 0 Å². The minimum absolute atomic E-state index is 0.00642. The van der Waals surface area contributed by atoms with Crippen LogP contribution in [-0.2, 0) is 25.6 Å². The Bertz CT molecular complexity index is 404. The van der Waals surface area contributed by atoms with Gasteiger partial charge in [0.1, 0.15) is 0 Å². The molecule has 1 aromatic carbocycles. The second kappa shape index (κ2) is 6.68. The Balaban J connectivity index is 1.73. The van der Waals surface area contributed by atoms with Crippen molar-refractivity contribution >= 4 is 5.97 Å². The van der Waals surface area contributed by atoms with Crippen LogP contribution in [0.5, 0.6) is 0 Å². The zero-order chi connectivity index (χ0) is 13.7. The normalized spacial score (nSPS) is 26.3. The first-order valence-electron chi connectivity index (χ1n) is 6.59. The van der Waals surface area contributed by atoms with Gasteiger partial charge in [-0.1, -0.05) is 37.3 Å². The fourth-order valence-electron chi connectivity index (χ4n) is 2.17. The van der Waals surface area contributed by atoms with Crippen LogP contribution in [0.4, 0.5) is 0 Å². The van der Waals surface area contributed by atoms with Gasteiger partial charge in [0, 0.05) is 13.3 Å². The third-order valence-corrected chi connectivity index (χ3v) is 3.22. The molecule has 2 rings (SSSR count). The Morgan fingerprint density at radius 3 is 2.79 bits per heavy atom. The number of carbonyl (C=O) groups is 1. The van der Waals surface area contributed by atoms with Gasteiger partial charge in [0.25, 0.3) is 0 Å². The maximum absolute atomic E-state index is 10.9. The van der Waals surface area contributed by atoms with Crippen LogP contribution >= 0.6 is 0 Å². The zero-order valence-electron chi connectivity index (χ0n) is 11.4. The summed E-state index contributed by atoms with van der Waals surface area (Å²) in [7, 11) is 0. The first-order chi connectivity index (χ1) is 9.15. The molecule has 0 spiro atoms. The Morgan fingerprint density at radius 2 is 2.11 bits per heavy atom. The minimum atomic E-state index is -0.419. The highest BCUT2D eigenvalue weighted by Gasteiger charge is 2.34. The molecule has 1 unspecified atom stereocenters. The number of hydrogen-bond donors (Lipinski definition) is 0. The Labute approximate surface area is 113 Å². The first kappa shape index (κ1) is 14.0. The summed E-state index contributed by atoms with van der Waals surface area (Å²) in [5.74, 6) is 0.0307. The fourth-order valence-corrected chi connectivity index (χ4v) is 2.17. The van der Waals surface area contributed by atoms with Crippen molar-refractivity contribution in [2.75, 3.05) is 6.61 Å². The van der Waals surface area contributed by atoms with Crippen molar-refractivity contribution in [3.8, 4) is 0 Å². The Morgan fingerprint density at radius 1 is 1.37 bits per heavy atom. The van der Waals surface area contributed by atoms with E-state index in [1.165, 1.54) is 6.92 Å². The van der Waals surface area contributed by atoms with E-state index in [0.717, 1.165) is 12.0 Å². The van der Waals surface area contributed by atoms with Gasteiger partial charge < -0.3 is 14.2 Å². The third-order valence-electron chi connectivity index (χ3n) is 3.22. The van der Waals surface area contributed by atoms with Crippen molar-refractivity contribution in [1.29, 1.82) is 0 Å². The molecule has 1 heterocycles. The molecule has 1 aliphatic heterocycles. The molecule has 1 aliphatic rings. The van der Waals surface area contributed by atoms with Crippen LogP contribution in [0, 0.1) is 5.92 Å². The van der Waals surface area contributed by atoms with Crippen molar-refractivity contribution in [3.05, 3.63) is 35.9 Å². The highest BCUT2D eigenvalue weighted by Crippen LogP contribution is 2.27. The lowest BCUT2D eigenvalue weighted by molar-refractivity contribution is -0.176. The van der Waals surface area contributed by atoms with Crippen molar-refractivity contribution in [3.63, 3.8) is 0 Å². The van der Waals surface area contributed by atoms with E-state index in [1.807, 2.05) is 30.3 Å². The summed E-state index contributed by atoms with van der Waals surface area (Å²) in [4.78, 5) is 10.9. The molecule has 0 amide bonds. The highest BCUT2D eigenvalue weighted by atomic mass is 16.7. The SMILES string of the molecule is CC(=O)OC1C[C@@H](C)[C@@H](COCc2ccccc2)O1. The number of esters is 1. The topological polar surface area (TPSA) is 44.8 Å². The van der Waals surface area contributed by atoms with E-state index in [1.54, 1.807) is 0 Å². The molecule has 19 heavy (non-hydrogen) atoms. The molecule has 104 valence electrons. The van der Waals surface area contributed by atoms with Gasteiger partial charge >= 0.3 is 5.97 Å². The maximum Gasteiger partial charge on any atom is 0.304 e. The van der Waals surface area contributed by atoms with E-state index in [9.17, 15) is 4.79 Å². The highest BCUT2D eigenvalue weighted by molar-refractivity contribution is 5.66. The summed E-state index contributed by atoms with van der Waals surface area (Å²) in [6.07, 6.45) is 0.310. The Hall–Kier alpha value is -1.39. The number of ether oxygens (including phenoxy) is 3. The average Bonchev–Trinajstić information content (AvgIpc) is 2.70. The molecule has 3 atom stereocenters. The van der Waals surface area contributed by atoms with Crippen LogP contribution in [0.25, 0.3) is 0 Å². The van der Waals surface area contributed by atoms with Crippen LogP contribution in [0.1, 0.15) is 25.8 Å². The van der Waals surface area contributed by atoms with Crippen LogP contribution in [0.3, 0.4) is 0 Å². The molecule has 0 saturated carbocycles. The predicted molar refractivity (Wildman–Crippen MR) is 70.3 cm³/mol. The largest absolute Gasteiger partial charge is 0.436 e. The van der Waals surface area contributed by atoms with Gasteiger partial charge in [-0.25, -0.2) is 0 Å². The molecule has 0 aromatic heterocycles. The molecule has 1 saturated heterocycles. The molecule has 0 bridgehead atoms. The summed E-state index contributed by atoms with van der Waals surface area (Å²) >= 11 is 0. The van der Waals surface area contributed by atoms with Gasteiger partial charge in [0.15, 0.2) is 0 Å². The number of hydrogen-bond acceptors (Lipinski definition) is 4. The summed E-state index contributed by atoms with van der Waals surface area (Å²) < 4.78 is 16.4. The zero-order valence-corrected chi connectivity index (χ0v) is 11.4. The molecule has 0 radical (unpaired) electrons. The smallest absolute Gasteiger partial charge is 0.304 e. The molecule has 1 aromatic rings. The van der Waals surface area contributed by atoms with Gasteiger partial charge in [-0.05, 0) is 11.5 Å². The standard InChI is InChI=1S/C15H20O4/c1-11-8-15(18-12(2)16)19-14(11)10-17-9-13-6-4-3-5-7-13/h3-7,11,14-15H,8-10H2,1-2H3/t11-,14-,15?/m1/s1. The molecular formula is C15H20O4. The number of carbonyl (C=O) groups excluding carboxylic acids is 1. The van der Waals surface area contributed by atoms with Crippen molar-refractivity contribution in [2.24, 2.45) is 5.92 Å². The van der Waals surface area contributed by atoms with Gasteiger partial charge in [0.05, 0.1) is 19.3 Å². The van der Waals surface area contributed by atoms with Crippen LogP contribution in [-0.4, -0.2) is 25.0 Å². The fraction of sp³-hybridized carbons (Fsp3) is 0.533. The second-order valence-corrected chi connectivity index (χ2v) is 4.93. The molecule has 0 N–H and O–H groups in total. The molecule has 0 aliphatic carbocycles. The summed E-state index contributed by atoms with van der Waals surface area (Å²) in [6, 6.07) is 10.0. The molecular weight excluding hydrogens is 244 g/mol. The minimum Gasteiger partial charge on any atom is -0.436 e.